The van der Waals surface area contributed by atoms with Gasteiger partial charge in [0.1, 0.15) is 6.04 Å². The lowest BCUT2D eigenvalue weighted by molar-refractivity contribution is -0.137. The molecule has 2 amide bonds. The van der Waals surface area contributed by atoms with Gasteiger partial charge in [0.15, 0.2) is 0 Å². The lowest BCUT2D eigenvalue weighted by Crippen LogP contribution is -2.47. The fraction of sp³-hybridized carbons (Fsp3) is 0.688. The molecule has 0 aliphatic carbocycles. The molecule has 2 atom stereocenters. The number of aromatic nitrogens is 2. The lowest BCUT2D eigenvalue weighted by Gasteiger charge is -2.27. The highest BCUT2D eigenvalue weighted by Crippen LogP contribution is 2.18. The van der Waals surface area contributed by atoms with Gasteiger partial charge in [0.25, 0.3) is 0 Å². The van der Waals surface area contributed by atoms with Crippen molar-refractivity contribution in [3.05, 3.63) is 18.0 Å². The summed E-state index contributed by atoms with van der Waals surface area (Å²) in [5.41, 5.74) is 0.977. The Hall–Kier alpha value is -1.85. The third kappa shape index (κ3) is 3.48. The van der Waals surface area contributed by atoms with Crippen LogP contribution >= 0.6 is 0 Å². The second-order valence-corrected chi connectivity index (χ2v) is 6.19. The van der Waals surface area contributed by atoms with E-state index in [9.17, 15) is 9.59 Å². The summed E-state index contributed by atoms with van der Waals surface area (Å²) in [7, 11) is 0. The predicted octanol–water partition coefficient (Wildman–Crippen LogP) is 2.04. The normalized spacial score (nSPS) is 17.9. The highest BCUT2D eigenvalue weighted by Gasteiger charge is 2.32. The average Bonchev–Trinajstić information content (AvgIpc) is 3.09. The van der Waals surface area contributed by atoms with Crippen LogP contribution in [0.25, 0.3) is 0 Å². The molecule has 2 heterocycles. The minimum Gasteiger partial charge on any atom is -0.348 e. The zero-order chi connectivity index (χ0) is 16.3. The van der Waals surface area contributed by atoms with Gasteiger partial charge < -0.3 is 10.2 Å². The Morgan fingerprint density at radius 3 is 2.64 bits per heavy atom. The van der Waals surface area contributed by atoms with Crippen LogP contribution < -0.4 is 5.32 Å². The zero-order valence-electron chi connectivity index (χ0n) is 13.9. The standard InChI is InChI=1S/C16H26N4O2/c1-5-14(19-8-6-7-15(19)21)16(22)18-12(4)13-9-17-20(10-13)11(2)3/h9-12,14H,5-8H2,1-4H3,(H,18,22)/t12-,14+/m1/s1. The Balaban J connectivity index is 2.01. The maximum atomic E-state index is 12.5. The summed E-state index contributed by atoms with van der Waals surface area (Å²) in [6.45, 7) is 8.69. The van der Waals surface area contributed by atoms with Crippen LogP contribution in [0.15, 0.2) is 12.4 Å². The molecule has 1 aliphatic rings. The predicted molar refractivity (Wildman–Crippen MR) is 84.2 cm³/mol. The third-order valence-corrected chi connectivity index (χ3v) is 4.18. The van der Waals surface area contributed by atoms with Gasteiger partial charge in [-0.15, -0.1) is 0 Å². The first-order valence-corrected chi connectivity index (χ1v) is 8.08. The van der Waals surface area contributed by atoms with E-state index in [0.29, 0.717) is 25.4 Å². The Morgan fingerprint density at radius 2 is 2.14 bits per heavy atom. The van der Waals surface area contributed by atoms with E-state index in [1.54, 1.807) is 11.1 Å². The number of carbonyl (C=O) groups excluding carboxylic acids is 2. The minimum absolute atomic E-state index is 0.0810. The summed E-state index contributed by atoms with van der Waals surface area (Å²) in [5.74, 6) is 0.00447. The molecular formula is C16H26N4O2. The summed E-state index contributed by atoms with van der Waals surface area (Å²) < 4.78 is 1.87. The number of nitrogens with zero attached hydrogens (tertiary/aromatic N) is 3. The molecule has 1 aromatic heterocycles. The maximum Gasteiger partial charge on any atom is 0.243 e. The molecule has 6 heteroatoms. The summed E-state index contributed by atoms with van der Waals surface area (Å²) >= 11 is 0. The van der Waals surface area contributed by atoms with Crippen LogP contribution in [0.1, 0.15) is 64.6 Å². The lowest BCUT2D eigenvalue weighted by atomic mass is 10.1. The van der Waals surface area contributed by atoms with Gasteiger partial charge in [0.05, 0.1) is 12.2 Å². The van der Waals surface area contributed by atoms with Gasteiger partial charge in [-0.05, 0) is 33.6 Å². The first-order chi connectivity index (χ1) is 10.4. The van der Waals surface area contributed by atoms with Crippen LogP contribution in [0.5, 0.6) is 0 Å². The van der Waals surface area contributed by atoms with Crippen LogP contribution in [0.2, 0.25) is 0 Å². The molecule has 1 N–H and O–H groups in total. The molecule has 0 radical (unpaired) electrons. The summed E-state index contributed by atoms with van der Waals surface area (Å²) in [6, 6.07) is -0.188. The second-order valence-electron chi connectivity index (χ2n) is 6.19. The SMILES string of the molecule is CC[C@@H](C(=O)N[C@H](C)c1cnn(C(C)C)c1)N1CCCC1=O. The van der Waals surface area contributed by atoms with Gasteiger partial charge in [0, 0.05) is 30.8 Å². The van der Waals surface area contributed by atoms with Crippen LogP contribution in [0, 0.1) is 0 Å². The van der Waals surface area contributed by atoms with Crippen LogP contribution in [-0.2, 0) is 9.59 Å². The van der Waals surface area contributed by atoms with Crippen molar-refractivity contribution in [2.45, 2.75) is 65.1 Å². The van der Waals surface area contributed by atoms with Crippen molar-refractivity contribution in [1.29, 1.82) is 0 Å². The molecule has 0 aromatic carbocycles. The van der Waals surface area contributed by atoms with E-state index in [-0.39, 0.29) is 23.9 Å². The van der Waals surface area contributed by atoms with Gasteiger partial charge in [0.2, 0.25) is 11.8 Å². The van der Waals surface area contributed by atoms with E-state index < -0.39 is 0 Å². The average molecular weight is 306 g/mol. The first-order valence-electron chi connectivity index (χ1n) is 8.08. The molecule has 0 bridgehead atoms. The summed E-state index contributed by atoms with van der Waals surface area (Å²) in [6.07, 6.45) is 5.78. The van der Waals surface area contributed by atoms with Gasteiger partial charge in [-0.1, -0.05) is 6.92 Å². The quantitative estimate of drug-likeness (QED) is 0.874. The molecule has 0 saturated carbocycles. The number of likely N-dealkylation sites (tertiary alicyclic amines) is 1. The van der Waals surface area contributed by atoms with Crippen molar-refractivity contribution < 1.29 is 9.59 Å². The molecule has 2 rings (SSSR count). The Kier molecular flexibility index (Phi) is 5.21. The highest BCUT2D eigenvalue weighted by atomic mass is 16.2. The first kappa shape index (κ1) is 16.5. The Bertz CT molecular complexity index is 538. The van der Waals surface area contributed by atoms with Gasteiger partial charge >= 0.3 is 0 Å². The Labute approximate surface area is 131 Å². The fourth-order valence-corrected chi connectivity index (χ4v) is 2.80. The maximum absolute atomic E-state index is 12.5. The third-order valence-electron chi connectivity index (χ3n) is 4.18. The van der Waals surface area contributed by atoms with E-state index in [2.05, 4.69) is 24.3 Å². The molecule has 1 fully saturated rings. The zero-order valence-corrected chi connectivity index (χ0v) is 13.9. The van der Waals surface area contributed by atoms with Crippen molar-refractivity contribution in [1.82, 2.24) is 20.0 Å². The van der Waals surface area contributed by atoms with Gasteiger partial charge in [-0.2, -0.15) is 5.10 Å². The second kappa shape index (κ2) is 6.94. The number of rotatable bonds is 6. The largest absolute Gasteiger partial charge is 0.348 e. The summed E-state index contributed by atoms with van der Waals surface area (Å²) in [5, 5.41) is 7.31. The molecule has 0 unspecified atom stereocenters. The van der Waals surface area contributed by atoms with Crippen molar-refractivity contribution in [3.8, 4) is 0 Å². The fourth-order valence-electron chi connectivity index (χ4n) is 2.80. The van der Waals surface area contributed by atoms with Crippen molar-refractivity contribution in [2.24, 2.45) is 0 Å². The van der Waals surface area contributed by atoms with E-state index in [1.165, 1.54) is 0 Å². The molecule has 1 saturated heterocycles. The highest BCUT2D eigenvalue weighted by molar-refractivity contribution is 5.88. The van der Waals surface area contributed by atoms with Gasteiger partial charge in [-0.25, -0.2) is 0 Å². The number of amides is 2. The van der Waals surface area contributed by atoms with E-state index >= 15 is 0 Å². The molecule has 1 aromatic rings. The number of hydrogen-bond donors (Lipinski definition) is 1. The molecule has 122 valence electrons. The molecule has 0 spiro atoms. The number of nitrogens with one attached hydrogen (secondary N) is 1. The smallest absolute Gasteiger partial charge is 0.243 e. The topological polar surface area (TPSA) is 67.2 Å². The molecule has 1 aliphatic heterocycles. The van der Waals surface area contributed by atoms with Crippen molar-refractivity contribution >= 4 is 11.8 Å². The van der Waals surface area contributed by atoms with Crippen LogP contribution in [-0.4, -0.2) is 39.1 Å². The monoisotopic (exact) mass is 306 g/mol. The van der Waals surface area contributed by atoms with E-state index in [4.69, 9.17) is 0 Å². The van der Waals surface area contributed by atoms with Crippen molar-refractivity contribution in [3.63, 3.8) is 0 Å². The number of hydrogen-bond acceptors (Lipinski definition) is 3. The van der Waals surface area contributed by atoms with Gasteiger partial charge in [-0.3, -0.25) is 14.3 Å². The molecule has 6 nitrogen and oxygen atoms in total. The van der Waals surface area contributed by atoms with Crippen LogP contribution in [0.4, 0.5) is 0 Å². The molecule has 22 heavy (non-hydrogen) atoms. The van der Waals surface area contributed by atoms with E-state index in [1.807, 2.05) is 24.7 Å². The Morgan fingerprint density at radius 1 is 1.41 bits per heavy atom. The van der Waals surface area contributed by atoms with E-state index in [0.717, 1.165) is 12.0 Å². The van der Waals surface area contributed by atoms with Crippen LogP contribution in [0.3, 0.4) is 0 Å². The summed E-state index contributed by atoms with van der Waals surface area (Å²) in [4.78, 5) is 26.1. The minimum atomic E-state index is -0.363. The molecular weight excluding hydrogens is 280 g/mol. The van der Waals surface area contributed by atoms with Crippen molar-refractivity contribution in [2.75, 3.05) is 6.54 Å². The number of carbonyl (C=O) groups is 2.